The van der Waals surface area contributed by atoms with E-state index in [4.69, 9.17) is 5.26 Å². The van der Waals surface area contributed by atoms with Crippen molar-refractivity contribution in [3.63, 3.8) is 0 Å². The summed E-state index contributed by atoms with van der Waals surface area (Å²) < 4.78 is 37.8. The Morgan fingerprint density at radius 1 is 1.39 bits per heavy atom. The minimum Gasteiger partial charge on any atom is -0.505 e. The smallest absolute Gasteiger partial charge is 0.416 e. The van der Waals surface area contributed by atoms with Crippen LogP contribution in [0.5, 0.6) is 0 Å². The number of nitro groups is 1. The fourth-order valence-electron chi connectivity index (χ4n) is 1.62. The highest BCUT2D eigenvalue weighted by molar-refractivity contribution is 6.03. The van der Waals surface area contributed by atoms with Crippen LogP contribution >= 0.6 is 0 Å². The molecule has 122 valence electrons. The Balaban J connectivity index is 3.63. The molecular formula is C13H10F3N3O4. The van der Waals surface area contributed by atoms with Crippen molar-refractivity contribution in [2.75, 3.05) is 14.1 Å². The number of alkyl halides is 3. The molecule has 1 aromatic rings. The van der Waals surface area contributed by atoms with Crippen LogP contribution in [0.25, 0.3) is 5.76 Å². The van der Waals surface area contributed by atoms with Crippen LogP contribution in [-0.4, -0.2) is 34.9 Å². The van der Waals surface area contributed by atoms with E-state index in [2.05, 4.69) is 0 Å². The molecule has 0 aliphatic rings. The molecule has 0 aromatic heterocycles. The molecule has 0 saturated heterocycles. The van der Waals surface area contributed by atoms with E-state index in [0.717, 1.165) is 4.90 Å². The number of nitrogens with zero attached hydrogens (tertiary/aromatic N) is 3. The first-order chi connectivity index (χ1) is 10.5. The van der Waals surface area contributed by atoms with E-state index in [-0.39, 0.29) is 6.07 Å². The van der Waals surface area contributed by atoms with Crippen LogP contribution in [0.3, 0.4) is 0 Å². The van der Waals surface area contributed by atoms with Crippen LogP contribution in [0.1, 0.15) is 11.1 Å². The zero-order chi connectivity index (χ0) is 17.9. The molecule has 0 saturated carbocycles. The maximum atomic E-state index is 12.6. The van der Waals surface area contributed by atoms with Gasteiger partial charge in [0.15, 0.2) is 11.3 Å². The van der Waals surface area contributed by atoms with Crippen molar-refractivity contribution >= 4 is 17.4 Å². The molecular weight excluding hydrogens is 319 g/mol. The van der Waals surface area contributed by atoms with Crippen LogP contribution in [-0.2, 0) is 11.0 Å². The number of benzene rings is 1. The number of aliphatic hydroxyl groups is 1. The lowest BCUT2D eigenvalue weighted by Gasteiger charge is -2.12. The minimum absolute atomic E-state index is 0.223. The third-order valence-corrected chi connectivity index (χ3v) is 2.75. The number of hydrogen-bond acceptors (Lipinski definition) is 5. The Labute approximate surface area is 128 Å². The lowest BCUT2D eigenvalue weighted by atomic mass is 10.0. The van der Waals surface area contributed by atoms with Gasteiger partial charge in [-0.05, 0) is 12.1 Å². The summed E-state index contributed by atoms with van der Waals surface area (Å²) in [5.74, 6) is -2.01. The summed E-state index contributed by atoms with van der Waals surface area (Å²) in [6.45, 7) is 0. The molecule has 1 N–H and O–H groups in total. The monoisotopic (exact) mass is 329 g/mol. The number of nitriles is 1. The molecule has 0 unspecified atom stereocenters. The quantitative estimate of drug-likeness (QED) is 0.301. The van der Waals surface area contributed by atoms with Gasteiger partial charge in [-0.1, -0.05) is 0 Å². The van der Waals surface area contributed by atoms with E-state index in [1.165, 1.54) is 20.2 Å². The Hall–Kier alpha value is -3.09. The van der Waals surface area contributed by atoms with E-state index in [1.54, 1.807) is 0 Å². The number of aliphatic hydroxyl groups excluding tert-OH is 1. The van der Waals surface area contributed by atoms with E-state index in [0.29, 0.717) is 12.1 Å². The van der Waals surface area contributed by atoms with E-state index < -0.39 is 45.2 Å². The van der Waals surface area contributed by atoms with E-state index in [9.17, 15) is 33.2 Å². The Kier molecular flexibility index (Phi) is 4.96. The second kappa shape index (κ2) is 6.35. The van der Waals surface area contributed by atoms with Gasteiger partial charge in [0.05, 0.1) is 16.1 Å². The standard InChI is InChI=1S/C13H10F3N3O4/c1-18(2)12(21)9(6-17)11(20)8-4-3-7(13(14,15)16)5-10(8)19(22)23/h3-5,20H,1-2H3. The van der Waals surface area contributed by atoms with Gasteiger partial charge in [0.25, 0.3) is 11.6 Å². The number of amides is 1. The molecule has 0 heterocycles. The van der Waals surface area contributed by atoms with Gasteiger partial charge >= 0.3 is 6.18 Å². The molecule has 0 bridgehead atoms. The number of nitro benzene ring substituents is 1. The van der Waals surface area contributed by atoms with Crippen molar-refractivity contribution in [3.05, 3.63) is 45.0 Å². The van der Waals surface area contributed by atoms with E-state index in [1.807, 2.05) is 0 Å². The molecule has 0 atom stereocenters. The molecule has 7 nitrogen and oxygen atoms in total. The Bertz CT molecular complexity index is 733. The van der Waals surface area contributed by atoms with Crippen molar-refractivity contribution in [1.82, 2.24) is 4.90 Å². The molecule has 0 aliphatic carbocycles. The lowest BCUT2D eigenvalue weighted by molar-refractivity contribution is -0.385. The molecule has 10 heteroatoms. The highest BCUT2D eigenvalue weighted by Gasteiger charge is 2.34. The highest BCUT2D eigenvalue weighted by Crippen LogP contribution is 2.35. The second-order valence-corrected chi connectivity index (χ2v) is 4.52. The summed E-state index contributed by atoms with van der Waals surface area (Å²) in [6.07, 6.45) is -4.82. The summed E-state index contributed by atoms with van der Waals surface area (Å²) in [5.41, 5.74) is -3.84. The molecule has 0 radical (unpaired) electrons. The minimum atomic E-state index is -4.82. The van der Waals surface area contributed by atoms with Crippen LogP contribution in [0.4, 0.5) is 18.9 Å². The van der Waals surface area contributed by atoms with E-state index >= 15 is 0 Å². The number of hydrogen-bond donors (Lipinski definition) is 1. The number of carbonyl (C=O) groups is 1. The van der Waals surface area contributed by atoms with Crippen molar-refractivity contribution in [1.29, 1.82) is 5.26 Å². The van der Waals surface area contributed by atoms with Gasteiger partial charge in [0.1, 0.15) is 6.07 Å². The average molecular weight is 329 g/mol. The van der Waals surface area contributed by atoms with Gasteiger partial charge in [-0.15, -0.1) is 0 Å². The third-order valence-electron chi connectivity index (χ3n) is 2.75. The molecule has 1 rings (SSSR count). The zero-order valence-electron chi connectivity index (χ0n) is 11.9. The Morgan fingerprint density at radius 3 is 2.35 bits per heavy atom. The largest absolute Gasteiger partial charge is 0.505 e. The number of carbonyl (C=O) groups excluding carboxylic acids is 1. The number of halogens is 3. The average Bonchev–Trinajstić information content (AvgIpc) is 2.45. The van der Waals surface area contributed by atoms with Crippen molar-refractivity contribution < 1.29 is 28.0 Å². The normalized spacial score (nSPS) is 12.2. The SMILES string of the molecule is CN(C)C(=O)C(C#N)=C(O)c1ccc(C(F)(F)F)cc1[N+](=O)[O-]. The predicted molar refractivity (Wildman–Crippen MR) is 72.0 cm³/mol. The predicted octanol–water partition coefficient (Wildman–Crippen LogP) is 2.49. The summed E-state index contributed by atoms with van der Waals surface area (Å²) in [5, 5.41) is 29.8. The van der Waals surface area contributed by atoms with Crippen molar-refractivity contribution in [3.8, 4) is 6.07 Å². The van der Waals surface area contributed by atoms with Crippen LogP contribution in [0.15, 0.2) is 23.8 Å². The first kappa shape index (κ1) is 18.0. The fourth-order valence-corrected chi connectivity index (χ4v) is 1.62. The van der Waals surface area contributed by atoms with Crippen LogP contribution in [0.2, 0.25) is 0 Å². The summed E-state index contributed by atoms with van der Waals surface area (Å²) >= 11 is 0. The van der Waals surface area contributed by atoms with Gasteiger partial charge in [-0.3, -0.25) is 14.9 Å². The molecule has 1 aromatic carbocycles. The molecule has 23 heavy (non-hydrogen) atoms. The maximum absolute atomic E-state index is 12.6. The topological polar surface area (TPSA) is 107 Å². The molecule has 1 amide bonds. The first-order valence-corrected chi connectivity index (χ1v) is 5.91. The van der Waals surface area contributed by atoms with Gasteiger partial charge in [-0.25, -0.2) is 0 Å². The molecule has 0 fully saturated rings. The second-order valence-electron chi connectivity index (χ2n) is 4.52. The van der Waals surface area contributed by atoms with Crippen molar-refractivity contribution in [2.45, 2.75) is 6.18 Å². The van der Waals surface area contributed by atoms with Gasteiger partial charge in [-0.2, -0.15) is 18.4 Å². The first-order valence-electron chi connectivity index (χ1n) is 5.91. The summed E-state index contributed by atoms with van der Waals surface area (Å²) in [7, 11) is 2.54. The lowest BCUT2D eigenvalue weighted by Crippen LogP contribution is -2.24. The molecule has 0 aliphatic heterocycles. The van der Waals surface area contributed by atoms with Crippen LogP contribution in [0, 0.1) is 21.4 Å². The number of likely N-dealkylation sites (N-methyl/N-ethyl adjacent to an activating group) is 1. The third kappa shape index (κ3) is 3.76. The van der Waals surface area contributed by atoms with Gasteiger partial charge in [0.2, 0.25) is 0 Å². The highest BCUT2D eigenvalue weighted by atomic mass is 19.4. The zero-order valence-corrected chi connectivity index (χ0v) is 11.9. The van der Waals surface area contributed by atoms with Crippen molar-refractivity contribution in [2.24, 2.45) is 0 Å². The maximum Gasteiger partial charge on any atom is 0.416 e. The fraction of sp³-hybridized carbons (Fsp3) is 0.231. The van der Waals surface area contributed by atoms with Gasteiger partial charge < -0.3 is 10.0 Å². The van der Waals surface area contributed by atoms with Gasteiger partial charge in [0, 0.05) is 20.2 Å². The number of rotatable bonds is 3. The molecule has 0 spiro atoms. The Morgan fingerprint density at radius 2 is 1.96 bits per heavy atom. The summed E-state index contributed by atoms with van der Waals surface area (Å²) in [6, 6.07) is 2.75. The van der Waals surface area contributed by atoms with Crippen LogP contribution < -0.4 is 0 Å². The summed E-state index contributed by atoms with van der Waals surface area (Å²) in [4.78, 5) is 22.5.